The van der Waals surface area contributed by atoms with Crippen molar-refractivity contribution in [3.63, 3.8) is 0 Å². The molecule has 0 nitrogen and oxygen atoms in total. The lowest BCUT2D eigenvalue weighted by molar-refractivity contribution is -0.168. The Morgan fingerprint density at radius 3 is 2.26 bits per heavy atom. The molecule has 0 aromatic heterocycles. The second-order valence-electron chi connectivity index (χ2n) is 5.41. The van der Waals surface area contributed by atoms with Crippen molar-refractivity contribution >= 4 is 11.6 Å². The molecular weight excluding hydrogens is 273 g/mol. The number of benzene rings is 1. The fraction of sp³-hybridized carbons (Fsp3) is 0.600. The fourth-order valence-corrected chi connectivity index (χ4v) is 3.51. The highest BCUT2D eigenvalue weighted by molar-refractivity contribution is 6.30. The summed E-state index contributed by atoms with van der Waals surface area (Å²) >= 11 is 5.77. The monoisotopic (exact) mass is 290 g/mol. The zero-order chi connectivity index (χ0) is 14.3. The first-order valence-electron chi connectivity index (χ1n) is 6.68. The Kier molecular flexibility index (Phi) is 3.87. The third kappa shape index (κ3) is 2.26. The molecule has 2 rings (SSSR count). The minimum Gasteiger partial charge on any atom is -0.170 e. The lowest BCUT2D eigenvalue weighted by Gasteiger charge is -2.22. The minimum atomic E-state index is -4.20. The third-order valence-corrected chi connectivity index (χ3v) is 4.71. The molecule has 19 heavy (non-hydrogen) atoms. The molecule has 0 radical (unpaired) electrons. The lowest BCUT2D eigenvalue weighted by Crippen LogP contribution is -2.32. The van der Waals surface area contributed by atoms with E-state index in [1.54, 1.807) is 19.1 Å². The molecule has 1 aromatic carbocycles. The maximum atomic E-state index is 13.6. The van der Waals surface area contributed by atoms with Crippen LogP contribution in [0.25, 0.3) is 0 Å². The van der Waals surface area contributed by atoms with E-state index in [2.05, 4.69) is 0 Å². The van der Waals surface area contributed by atoms with E-state index in [1.807, 2.05) is 6.92 Å². The van der Waals surface area contributed by atoms with Crippen molar-refractivity contribution < 1.29 is 13.2 Å². The molecule has 0 saturated heterocycles. The van der Waals surface area contributed by atoms with Gasteiger partial charge in [-0.3, -0.25) is 0 Å². The van der Waals surface area contributed by atoms with Crippen LogP contribution in [-0.2, 0) is 5.41 Å². The van der Waals surface area contributed by atoms with Crippen LogP contribution < -0.4 is 0 Å². The van der Waals surface area contributed by atoms with E-state index in [9.17, 15) is 13.2 Å². The van der Waals surface area contributed by atoms with Gasteiger partial charge in [0.05, 0.1) is 5.41 Å². The molecule has 0 unspecified atom stereocenters. The molecule has 0 spiro atoms. The van der Waals surface area contributed by atoms with E-state index in [0.717, 1.165) is 12.8 Å². The van der Waals surface area contributed by atoms with Gasteiger partial charge in [-0.25, -0.2) is 0 Å². The second-order valence-corrected chi connectivity index (χ2v) is 5.85. The number of hydrogen-bond donors (Lipinski definition) is 0. The highest BCUT2D eigenvalue weighted by Crippen LogP contribution is 2.69. The van der Waals surface area contributed by atoms with Crippen molar-refractivity contribution in [2.45, 2.75) is 44.7 Å². The molecule has 0 amide bonds. The van der Waals surface area contributed by atoms with E-state index in [-0.39, 0.29) is 11.8 Å². The first-order chi connectivity index (χ1) is 8.85. The Bertz CT molecular complexity index is 438. The predicted molar refractivity (Wildman–Crippen MR) is 71.4 cm³/mol. The second kappa shape index (κ2) is 5.01. The van der Waals surface area contributed by atoms with E-state index in [0.29, 0.717) is 17.0 Å². The highest BCUT2D eigenvalue weighted by Gasteiger charge is 2.75. The predicted octanol–water partition coefficient (Wildman–Crippen LogP) is 5.60. The summed E-state index contributed by atoms with van der Waals surface area (Å²) in [6.45, 7) is 3.72. The van der Waals surface area contributed by atoms with Gasteiger partial charge in [0.25, 0.3) is 0 Å². The zero-order valence-corrected chi connectivity index (χ0v) is 11.9. The van der Waals surface area contributed by atoms with Crippen LogP contribution in [0.1, 0.15) is 38.7 Å². The van der Waals surface area contributed by atoms with Crippen LogP contribution in [0.2, 0.25) is 5.02 Å². The summed E-state index contributed by atoms with van der Waals surface area (Å²) in [5.74, 6) is -0.645. The summed E-state index contributed by atoms with van der Waals surface area (Å²) in [6.07, 6.45) is -1.78. The van der Waals surface area contributed by atoms with Crippen LogP contribution in [0.4, 0.5) is 13.2 Å². The zero-order valence-electron chi connectivity index (χ0n) is 11.1. The van der Waals surface area contributed by atoms with Crippen molar-refractivity contribution in [3.05, 3.63) is 34.9 Å². The van der Waals surface area contributed by atoms with Crippen LogP contribution in [0.3, 0.4) is 0 Å². The first-order valence-corrected chi connectivity index (χ1v) is 7.06. The molecule has 1 fully saturated rings. The van der Waals surface area contributed by atoms with E-state index >= 15 is 0 Å². The van der Waals surface area contributed by atoms with Gasteiger partial charge in [-0.1, -0.05) is 50.4 Å². The topological polar surface area (TPSA) is 0 Å². The first kappa shape index (κ1) is 14.7. The number of rotatable bonds is 4. The van der Waals surface area contributed by atoms with Gasteiger partial charge in [-0.15, -0.1) is 0 Å². The smallest absolute Gasteiger partial charge is 0.170 e. The molecule has 106 valence electrons. The molecule has 3 atom stereocenters. The Labute approximate surface area is 117 Å². The molecule has 0 N–H and O–H groups in total. The normalized spacial score (nSPS) is 30.4. The van der Waals surface area contributed by atoms with Gasteiger partial charge < -0.3 is 0 Å². The summed E-state index contributed by atoms with van der Waals surface area (Å²) in [5.41, 5.74) is -1.30. The average molecular weight is 291 g/mol. The van der Waals surface area contributed by atoms with E-state index < -0.39 is 11.6 Å². The van der Waals surface area contributed by atoms with Crippen LogP contribution in [0, 0.1) is 11.8 Å². The summed E-state index contributed by atoms with van der Waals surface area (Å²) in [7, 11) is 0. The highest BCUT2D eigenvalue weighted by atomic mass is 35.5. The molecule has 0 bridgehead atoms. The van der Waals surface area contributed by atoms with Gasteiger partial charge in [0, 0.05) is 5.02 Å². The Balaban J connectivity index is 2.36. The Morgan fingerprint density at radius 1 is 1.21 bits per heavy atom. The fourth-order valence-electron chi connectivity index (χ4n) is 3.39. The average Bonchev–Trinajstić information content (AvgIpc) is 2.93. The van der Waals surface area contributed by atoms with Crippen molar-refractivity contribution in [1.82, 2.24) is 0 Å². The molecular formula is C15H18ClF3. The maximum absolute atomic E-state index is 13.6. The summed E-state index contributed by atoms with van der Waals surface area (Å²) in [6, 6.07) is 6.15. The number of alkyl halides is 3. The van der Waals surface area contributed by atoms with Crippen molar-refractivity contribution in [2.75, 3.05) is 0 Å². The van der Waals surface area contributed by atoms with E-state index in [1.165, 1.54) is 12.1 Å². The quantitative estimate of drug-likeness (QED) is 0.677. The van der Waals surface area contributed by atoms with Crippen LogP contribution in [0.5, 0.6) is 0 Å². The number of unbranched alkanes of at least 4 members (excludes halogenated alkanes) is 1. The SMILES string of the molecule is CCCC[C@@H]1[C@@H](C)[C@@]1(c1ccc(Cl)cc1)C(F)(F)F. The molecule has 4 heteroatoms. The Hall–Kier alpha value is -0.700. The Morgan fingerprint density at radius 2 is 1.79 bits per heavy atom. The molecule has 1 aromatic rings. The molecule has 0 heterocycles. The van der Waals surface area contributed by atoms with Gasteiger partial charge in [0.2, 0.25) is 0 Å². The minimum absolute atomic E-state index is 0.298. The molecule has 1 aliphatic carbocycles. The van der Waals surface area contributed by atoms with Crippen LogP contribution in [0.15, 0.2) is 24.3 Å². The largest absolute Gasteiger partial charge is 0.398 e. The molecule has 0 aliphatic heterocycles. The van der Waals surface area contributed by atoms with Crippen LogP contribution >= 0.6 is 11.6 Å². The standard InChI is InChI=1S/C15H18ClF3/c1-3-4-5-13-10(2)14(13,15(17,18)19)11-6-8-12(16)9-7-11/h6-10,13H,3-5H2,1-2H3/t10-,13-,14+/m1/s1. The molecule has 1 saturated carbocycles. The van der Waals surface area contributed by atoms with Crippen molar-refractivity contribution in [2.24, 2.45) is 11.8 Å². The van der Waals surface area contributed by atoms with Gasteiger partial charge >= 0.3 is 6.18 Å². The van der Waals surface area contributed by atoms with Gasteiger partial charge in [0.15, 0.2) is 0 Å². The summed E-state index contributed by atoms with van der Waals surface area (Å²) in [4.78, 5) is 0. The van der Waals surface area contributed by atoms with Crippen molar-refractivity contribution in [1.29, 1.82) is 0 Å². The van der Waals surface area contributed by atoms with Gasteiger partial charge in [-0.05, 0) is 36.0 Å². The van der Waals surface area contributed by atoms with Crippen LogP contribution in [-0.4, -0.2) is 6.18 Å². The summed E-state index contributed by atoms with van der Waals surface area (Å²) < 4.78 is 40.7. The van der Waals surface area contributed by atoms with Crippen molar-refractivity contribution in [3.8, 4) is 0 Å². The molecule has 1 aliphatic rings. The number of hydrogen-bond acceptors (Lipinski definition) is 0. The van der Waals surface area contributed by atoms with E-state index in [4.69, 9.17) is 11.6 Å². The number of halogens is 4. The van der Waals surface area contributed by atoms with Gasteiger partial charge in [0.1, 0.15) is 0 Å². The van der Waals surface area contributed by atoms with Gasteiger partial charge in [-0.2, -0.15) is 13.2 Å². The summed E-state index contributed by atoms with van der Waals surface area (Å²) in [5, 5.41) is 0.472. The third-order valence-electron chi connectivity index (χ3n) is 4.46. The maximum Gasteiger partial charge on any atom is 0.398 e. The lowest BCUT2D eigenvalue weighted by atomic mass is 9.90.